The standard InChI is InChI=1S/C9H18N2O3/c1-9(2,8(10)14)6-7(13)11(3)4-5-12/h12H,4-6H2,1-3H3,(H2,10,14). The first kappa shape index (κ1) is 12.9. The van der Waals surface area contributed by atoms with E-state index in [1.807, 2.05) is 0 Å². The molecule has 0 heterocycles. The van der Waals surface area contributed by atoms with E-state index in [4.69, 9.17) is 10.8 Å². The van der Waals surface area contributed by atoms with Gasteiger partial charge in [0.05, 0.1) is 12.0 Å². The molecule has 0 saturated carbocycles. The van der Waals surface area contributed by atoms with Gasteiger partial charge in [0.2, 0.25) is 11.8 Å². The van der Waals surface area contributed by atoms with Crippen LogP contribution in [0.25, 0.3) is 0 Å². The van der Waals surface area contributed by atoms with E-state index in [1.165, 1.54) is 4.90 Å². The summed E-state index contributed by atoms with van der Waals surface area (Å²) in [5.74, 6) is -0.689. The van der Waals surface area contributed by atoms with Gasteiger partial charge in [-0.2, -0.15) is 0 Å². The molecule has 0 spiro atoms. The fraction of sp³-hybridized carbons (Fsp3) is 0.778. The lowest BCUT2D eigenvalue weighted by Crippen LogP contribution is -2.38. The Bertz CT molecular complexity index is 226. The van der Waals surface area contributed by atoms with E-state index in [1.54, 1.807) is 20.9 Å². The van der Waals surface area contributed by atoms with Gasteiger partial charge in [0.15, 0.2) is 0 Å². The quantitative estimate of drug-likeness (QED) is 0.620. The highest BCUT2D eigenvalue weighted by Crippen LogP contribution is 2.20. The second-order valence-electron chi connectivity index (χ2n) is 3.96. The molecule has 0 bridgehead atoms. The van der Waals surface area contributed by atoms with Crippen LogP contribution in [0.15, 0.2) is 0 Å². The van der Waals surface area contributed by atoms with E-state index in [0.717, 1.165) is 0 Å². The van der Waals surface area contributed by atoms with Gasteiger partial charge in [0.1, 0.15) is 0 Å². The van der Waals surface area contributed by atoms with Gasteiger partial charge in [-0.3, -0.25) is 9.59 Å². The van der Waals surface area contributed by atoms with Crippen LogP contribution in [0, 0.1) is 5.41 Å². The lowest BCUT2D eigenvalue weighted by atomic mass is 9.88. The van der Waals surface area contributed by atoms with Gasteiger partial charge >= 0.3 is 0 Å². The van der Waals surface area contributed by atoms with Crippen molar-refractivity contribution in [1.29, 1.82) is 0 Å². The molecule has 0 radical (unpaired) electrons. The molecule has 0 rings (SSSR count). The average molecular weight is 202 g/mol. The predicted octanol–water partition coefficient (Wildman–Crippen LogP) is -0.661. The molecule has 82 valence electrons. The van der Waals surface area contributed by atoms with Crippen molar-refractivity contribution < 1.29 is 14.7 Å². The molecule has 0 aliphatic heterocycles. The molecule has 0 aliphatic carbocycles. The van der Waals surface area contributed by atoms with Crippen molar-refractivity contribution in [3.05, 3.63) is 0 Å². The topological polar surface area (TPSA) is 83.6 Å². The van der Waals surface area contributed by atoms with Crippen LogP contribution in [0.1, 0.15) is 20.3 Å². The van der Waals surface area contributed by atoms with Gasteiger partial charge in [0, 0.05) is 20.0 Å². The molecule has 2 amide bonds. The van der Waals surface area contributed by atoms with Crippen molar-refractivity contribution in [1.82, 2.24) is 4.90 Å². The minimum Gasteiger partial charge on any atom is -0.395 e. The van der Waals surface area contributed by atoms with Gasteiger partial charge in [-0.1, -0.05) is 13.8 Å². The zero-order valence-electron chi connectivity index (χ0n) is 8.91. The van der Waals surface area contributed by atoms with Crippen LogP contribution in [0.3, 0.4) is 0 Å². The third-order valence-electron chi connectivity index (χ3n) is 2.12. The largest absolute Gasteiger partial charge is 0.395 e. The minimum atomic E-state index is -0.833. The van der Waals surface area contributed by atoms with E-state index in [2.05, 4.69) is 0 Å². The van der Waals surface area contributed by atoms with Crippen LogP contribution in [-0.4, -0.2) is 42.0 Å². The zero-order chi connectivity index (χ0) is 11.4. The summed E-state index contributed by atoms with van der Waals surface area (Å²) >= 11 is 0. The van der Waals surface area contributed by atoms with Crippen molar-refractivity contribution in [2.24, 2.45) is 11.1 Å². The minimum absolute atomic E-state index is 0.0683. The summed E-state index contributed by atoms with van der Waals surface area (Å²) in [7, 11) is 1.58. The van der Waals surface area contributed by atoms with Crippen molar-refractivity contribution >= 4 is 11.8 Å². The number of rotatable bonds is 5. The van der Waals surface area contributed by atoms with E-state index in [9.17, 15) is 9.59 Å². The number of amides is 2. The number of hydrogen-bond donors (Lipinski definition) is 2. The van der Waals surface area contributed by atoms with Gasteiger partial charge in [-0.15, -0.1) is 0 Å². The number of likely N-dealkylation sites (N-methyl/N-ethyl adjacent to an activating group) is 1. The molecule has 14 heavy (non-hydrogen) atoms. The molecule has 0 aromatic rings. The van der Waals surface area contributed by atoms with Crippen LogP contribution in [0.5, 0.6) is 0 Å². The maximum absolute atomic E-state index is 11.5. The molecule has 0 fully saturated rings. The van der Waals surface area contributed by atoms with Crippen LogP contribution in [0.4, 0.5) is 0 Å². The molecule has 3 N–H and O–H groups in total. The fourth-order valence-corrected chi connectivity index (χ4v) is 0.875. The molecule has 0 aliphatic rings. The summed E-state index contributed by atoms with van der Waals surface area (Å²) in [6.07, 6.45) is 0.0683. The van der Waals surface area contributed by atoms with Crippen molar-refractivity contribution in [2.45, 2.75) is 20.3 Å². The summed E-state index contributed by atoms with van der Waals surface area (Å²) in [5.41, 5.74) is 4.30. The number of nitrogens with two attached hydrogens (primary N) is 1. The van der Waals surface area contributed by atoms with Gasteiger partial charge in [-0.05, 0) is 0 Å². The maximum Gasteiger partial charge on any atom is 0.223 e. The molecular weight excluding hydrogens is 184 g/mol. The predicted molar refractivity (Wildman–Crippen MR) is 52.3 cm³/mol. The summed E-state index contributed by atoms with van der Waals surface area (Å²) < 4.78 is 0. The molecule has 0 aromatic carbocycles. The first-order valence-electron chi connectivity index (χ1n) is 4.46. The zero-order valence-corrected chi connectivity index (χ0v) is 8.91. The normalized spacial score (nSPS) is 11.1. The Hall–Kier alpha value is -1.10. The first-order valence-corrected chi connectivity index (χ1v) is 4.46. The van der Waals surface area contributed by atoms with E-state index >= 15 is 0 Å². The van der Waals surface area contributed by atoms with Crippen molar-refractivity contribution in [3.63, 3.8) is 0 Å². The number of aliphatic hydroxyl groups is 1. The van der Waals surface area contributed by atoms with Crippen LogP contribution in [-0.2, 0) is 9.59 Å². The number of primary amides is 1. The molecule has 5 heteroatoms. The summed E-state index contributed by atoms with van der Waals surface area (Å²) in [6.45, 7) is 3.44. The second-order valence-corrected chi connectivity index (χ2v) is 3.96. The highest BCUT2D eigenvalue weighted by Gasteiger charge is 2.29. The van der Waals surface area contributed by atoms with Crippen LogP contribution >= 0.6 is 0 Å². The Balaban J connectivity index is 4.24. The Morgan fingerprint density at radius 2 is 1.93 bits per heavy atom. The SMILES string of the molecule is CN(CCO)C(=O)CC(C)(C)C(N)=O. The lowest BCUT2D eigenvalue weighted by Gasteiger charge is -2.23. The Morgan fingerprint density at radius 1 is 1.43 bits per heavy atom. The summed E-state index contributed by atoms with van der Waals surface area (Å²) in [4.78, 5) is 23.8. The number of aliphatic hydroxyl groups excluding tert-OH is 1. The molecular formula is C9H18N2O3. The monoisotopic (exact) mass is 202 g/mol. The van der Waals surface area contributed by atoms with E-state index < -0.39 is 11.3 Å². The van der Waals surface area contributed by atoms with Crippen molar-refractivity contribution in [2.75, 3.05) is 20.2 Å². The molecule has 0 saturated heterocycles. The molecule has 0 aromatic heterocycles. The van der Waals surface area contributed by atoms with Gasteiger partial charge in [0.25, 0.3) is 0 Å². The molecule has 0 atom stereocenters. The first-order chi connectivity index (χ1) is 6.31. The number of carbonyl (C=O) groups is 2. The third-order valence-corrected chi connectivity index (χ3v) is 2.12. The molecule has 5 nitrogen and oxygen atoms in total. The summed E-state index contributed by atoms with van der Waals surface area (Å²) in [6, 6.07) is 0. The average Bonchev–Trinajstić information content (AvgIpc) is 2.03. The second kappa shape index (κ2) is 4.95. The molecule has 0 unspecified atom stereocenters. The van der Waals surface area contributed by atoms with Crippen LogP contribution < -0.4 is 5.73 Å². The summed E-state index contributed by atoms with van der Waals surface area (Å²) in [5, 5.41) is 8.61. The maximum atomic E-state index is 11.5. The highest BCUT2D eigenvalue weighted by atomic mass is 16.3. The van der Waals surface area contributed by atoms with E-state index in [-0.39, 0.29) is 25.5 Å². The third kappa shape index (κ3) is 3.74. The number of carbonyl (C=O) groups excluding carboxylic acids is 2. The van der Waals surface area contributed by atoms with Gasteiger partial charge in [-0.25, -0.2) is 0 Å². The highest BCUT2D eigenvalue weighted by molar-refractivity contribution is 5.87. The Kier molecular flexibility index (Phi) is 4.56. The number of nitrogens with zero attached hydrogens (tertiary/aromatic N) is 1. The van der Waals surface area contributed by atoms with Gasteiger partial charge < -0.3 is 15.7 Å². The fourth-order valence-electron chi connectivity index (χ4n) is 0.875. The lowest BCUT2D eigenvalue weighted by molar-refractivity contribution is -0.137. The van der Waals surface area contributed by atoms with Crippen molar-refractivity contribution in [3.8, 4) is 0 Å². The van der Waals surface area contributed by atoms with Crippen LogP contribution in [0.2, 0.25) is 0 Å². The smallest absolute Gasteiger partial charge is 0.223 e. The Labute approximate surface area is 83.9 Å². The Morgan fingerprint density at radius 3 is 2.29 bits per heavy atom. The number of hydrogen-bond acceptors (Lipinski definition) is 3. The van der Waals surface area contributed by atoms with E-state index in [0.29, 0.717) is 0 Å².